The van der Waals surface area contributed by atoms with E-state index in [-0.39, 0.29) is 4.90 Å². The number of hydrogen-bond donors (Lipinski definition) is 3. The number of nitrogens with one attached hydrogen (secondary N) is 2. The van der Waals surface area contributed by atoms with Crippen LogP contribution in [0, 0.1) is 0 Å². The number of hydrogen-bond acceptors (Lipinski definition) is 4. The summed E-state index contributed by atoms with van der Waals surface area (Å²) >= 11 is 0. The van der Waals surface area contributed by atoms with Gasteiger partial charge in [-0.2, -0.15) is 8.42 Å². The Balaban J connectivity index is 1.92. The van der Waals surface area contributed by atoms with Crippen LogP contribution in [0.15, 0.2) is 59.6 Å². The lowest BCUT2D eigenvalue weighted by Gasteiger charge is -2.05. The van der Waals surface area contributed by atoms with Gasteiger partial charge in [-0.1, -0.05) is 12.1 Å². The number of amides is 2. The van der Waals surface area contributed by atoms with Gasteiger partial charge in [0.05, 0.1) is 12.0 Å². The Labute approximate surface area is 139 Å². The van der Waals surface area contributed by atoms with Crippen LogP contribution < -0.4 is 15.4 Å². The highest BCUT2D eigenvalue weighted by Gasteiger charge is 2.08. The summed E-state index contributed by atoms with van der Waals surface area (Å²) in [7, 11) is -2.68. The minimum absolute atomic E-state index is 0.244. The first kappa shape index (κ1) is 17.5. The molecule has 2 aromatic carbocycles. The van der Waals surface area contributed by atoms with Crippen LogP contribution in [0.4, 0.5) is 10.5 Å². The molecular formula is C16H16N2O5S. The summed E-state index contributed by atoms with van der Waals surface area (Å²) in [6.07, 6.45) is 3.17. The fraction of sp³-hybridized carbons (Fsp3) is 0.0625. The van der Waals surface area contributed by atoms with Crippen molar-refractivity contribution in [2.45, 2.75) is 4.90 Å². The van der Waals surface area contributed by atoms with Gasteiger partial charge in [0.2, 0.25) is 0 Å². The van der Waals surface area contributed by atoms with Gasteiger partial charge in [0.25, 0.3) is 10.1 Å². The molecule has 0 fully saturated rings. The summed E-state index contributed by atoms with van der Waals surface area (Å²) < 4.78 is 35.8. The van der Waals surface area contributed by atoms with E-state index in [1.165, 1.54) is 30.5 Å². The number of rotatable bonds is 5. The molecule has 2 amide bonds. The molecule has 0 radical (unpaired) electrons. The molecule has 0 unspecified atom stereocenters. The lowest BCUT2D eigenvalue weighted by molar-refractivity contribution is 0.255. The molecule has 0 aliphatic heterocycles. The summed E-state index contributed by atoms with van der Waals surface area (Å²) in [5.74, 6) is 0.709. The first-order chi connectivity index (χ1) is 11.4. The number of ether oxygens (including phenoxy) is 1. The van der Waals surface area contributed by atoms with Crippen LogP contribution in [-0.4, -0.2) is 26.1 Å². The lowest BCUT2D eigenvalue weighted by atomic mass is 10.2. The fourth-order valence-electron chi connectivity index (χ4n) is 1.84. The molecule has 126 valence electrons. The maximum atomic E-state index is 11.7. The molecule has 0 heterocycles. The molecule has 2 aromatic rings. The third kappa shape index (κ3) is 5.11. The van der Waals surface area contributed by atoms with Crippen molar-refractivity contribution in [3.8, 4) is 5.75 Å². The van der Waals surface area contributed by atoms with Crippen LogP contribution in [0.3, 0.4) is 0 Å². The minimum Gasteiger partial charge on any atom is -0.497 e. The van der Waals surface area contributed by atoms with Gasteiger partial charge in [0.15, 0.2) is 0 Å². The van der Waals surface area contributed by atoms with Crippen molar-refractivity contribution >= 4 is 27.9 Å². The van der Waals surface area contributed by atoms with Crippen molar-refractivity contribution in [3.63, 3.8) is 0 Å². The number of benzene rings is 2. The van der Waals surface area contributed by atoms with E-state index in [1.54, 1.807) is 13.2 Å². The maximum Gasteiger partial charge on any atom is 0.323 e. The Morgan fingerprint density at radius 1 is 1.17 bits per heavy atom. The second kappa shape index (κ2) is 7.62. The van der Waals surface area contributed by atoms with E-state index in [0.29, 0.717) is 11.4 Å². The minimum atomic E-state index is -4.25. The molecule has 0 aliphatic rings. The largest absolute Gasteiger partial charge is 0.497 e. The molecule has 0 aromatic heterocycles. The van der Waals surface area contributed by atoms with E-state index in [0.717, 1.165) is 5.56 Å². The zero-order valence-corrected chi connectivity index (χ0v) is 13.6. The van der Waals surface area contributed by atoms with Gasteiger partial charge < -0.3 is 15.4 Å². The molecule has 2 rings (SSSR count). The standard InChI is InChI=1S/C16H16N2O5S/c1-23-14-4-2-3-12(11-14)9-10-17-16(19)18-13-5-7-15(8-6-13)24(20,21)22/h2-11H,1H3,(H2,17,18,19)(H,20,21,22)/b10-9+. The monoisotopic (exact) mass is 348 g/mol. The van der Waals surface area contributed by atoms with Gasteiger partial charge in [-0.05, 0) is 48.0 Å². The molecule has 0 bridgehead atoms. The zero-order chi connectivity index (χ0) is 17.6. The molecular weight excluding hydrogens is 332 g/mol. The molecule has 7 nitrogen and oxygen atoms in total. The van der Waals surface area contributed by atoms with Crippen LogP contribution in [0.1, 0.15) is 5.56 Å². The summed E-state index contributed by atoms with van der Waals surface area (Å²) in [6, 6.07) is 11.9. The van der Waals surface area contributed by atoms with Gasteiger partial charge >= 0.3 is 6.03 Å². The second-order valence-electron chi connectivity index (χ2n) is 4.71. The van der Waals surface area contributed by atoms with Crippen molar-refractivity contribution < 1.29 is 22.5 Å². The Hall–Kier alpha value is -2.84. The number of carbonyl (C=O) groups excluding carboxylic acids is 1. The van der Waals surface area contributed by atoms with Crippen LogP contribution in [0.25, 0.3) is 6.08 Å². The fourth-order valence-corrected chi connectivity index (χ4v) is 2.32. The topological polar surface area (TPSA) is 105 Å². The number of methoxy groups -OCH3 is 1. The molecule has 0 aliphatic carbocycles. The average Bonchev–Trinajstić information content (AvgIpc) is 2.54. The Morgan fingerprint density at radius 3 is 2.50 bits per heavy atom. The van der Waals surface area contributed by atoms with Crippen molar-refractivity contribution in [1.29, 1.82) is 0 Å². The number of urea groups is 1. The average molecular weight is 348 g/mol. The van der Waals surface area contributed by atoms with Crippen molar-refractivity contribution in [2.24, 2.45) is 0 Å². The third-order valence-corrected chi connectivity index (χ3v) is 3.86. The quantitative estimate of drug-likeness (QED) is 0.721. The first-order valence-electron chi connectivity index (χ1n) is 6.84. The SMILES string of the molecule is COc1cccc(/C=C/NC(=O)Nc2ccc(S(=O)(=O)O)cc2)c1. The summed E-state index contributed by atoms with van der Waals surface area (Å²) in [6.45, 7) is 0. The number of anilines is 1. The van der Waals surface area contributed by atoms with Crippen LogP contribution in [0.2, 0.25) is 0 Å². The highest BCUT2D eigenvalue weighted by molar-refractivity contribution is 7.85. The van der Waals surface area contributed by atoms with Gasteiger partial charge in [-0.3, -0.25) is 4.55 Å². The lowest BCUT2D eigenvalue weighted by Crippen LogP contribution is -2.23. The second-order valence-corrected chi connectivity index (χ2v) is 6.13. The van der Waals surface area contributed by atoms with Crippen molar-refractivity contribution in [2.75, 3.05) is 12.4 Å². The molecule has 3 N–H and O–H groups in total. The van der Waals surface area contributed by atoms with Gasteiger partial charge in [0.1, 0.15) is 5.75 Å². The van der Waals surface area contributed by atoms with Gasteiger partial charge in [0, 0.05) is 11.9 Å². The van der Waals surface area contributed by atoms with E-state index in [1.807, 2.05) is 24.3 Å². The summed E-state index contributed by atoms with van der Waals surface area (Å²) in [5.41, 5.74) is 1.24. The van der Waals surface area contributed by atoms with E-state index in [4.69, 9.17) is 9.29 Å². The van der Waals surface area contributed by atoms with E-state index < -0.39 is 16.1 Å². The van der Waals surface area contributed by atoms with Crippen LogP contribution in [-0.2, 0) is 10.1 Å². The summed E-state index contributed by atoms with van der Waals surface area (Å²) in [5, 5.41) is 5.05. The van der Waals surface area contributed by atoms with Crippen LogP contribution >= 0.6 is 0 Å². The number of carbonyl (C=O) groups is 1. The smallest absolute Gasteiger partial charge is 0.323 e. The zero-order valence-electron chi connectivity index (χ0n) is 12.8. The van der Waals surface area contributed by atoms with E-state index >= 15 is 0 Å². The van der Waals surface area contributed by atoms with E-state index in [9.17, 15) is 13.2 Å². The van der Waals surface area contributed by atoms with Crippen LogP contribution in [0.5, 0.6) is 5.75 Å². The predicted octanol–water partition coefficient (Wildman–Crippen LogP) is 2.73. The molecule has 0 atom stereocenters. The predicted molar refractivity (Wildman–Crippen MR) is 90.4 cm³/mol. The first-order valence-corrected chi connectivity index (χ1v) is 8.28. The molecule has 24 heavy (non-hydrogen) atoms. The highest BCUT2D eigenvalue weighted by atomic mass is 32.2. The maximum absolute atomic E-state index is 11.7. The molecule has 0 saturated carbocycles. The van der Waals surface area contributed by atoms with Crippen molar-refractivity contribution in [1.82, 2.24) is 5.32 Å². The molecule has 0 saturated heterocycles. The Bertz CT molecular complexity index is 845. The normalized spacial score (nSPS) is 11.2. The summed E-state index contributed by atoms with van der Waals surface area (Å²) in [4.78, 5) is 11.5. The van der Waals surface area contributed by atoms with E-state index in [2.05, 4.69) is 10.6 Å². The molecule has 8 heteroatoms. The molecule has 0 spiro atoms. The Morgan fingerprint density at radius 2 is 1.88 bits per heavy atom. The van der Waals surface area contributed by atoms with Crippen molar-refractivity contribution in [3.05, 3.63) is 60.3 Å². The highest BCUT2D eigenvalue weighted by Crippen LogP contribution is 2.14. The Kier molecular flexibility index (Phi) is 5.56. The third-order valence-electron chi connectivity index (χ3n) is 2.99. The van der Waals surface area contributed by atoms with Gasteiger partial charge in [-0.15, -0.1) is 0 Å². The van der Waals surface area contributed by atoms with Gasteiger partial charge in [-0.25, -0.2) is 4.79 Å².